The molecule has 3 aromatic rings. The van der Waals surface area contributed by atoms with Crippen LogP contribution in [0.15, 0.2) is 40.9 Å². The summed E-state index contributed by atoms with van der Waals surface area (Å²) >= 11 is 11.2. The molecule has 0 radical (unpaired) electrons. The Morgan fingerprint density at radius 3 is 2.96 bits per heavy atom. The smallest absolute Gasteiger partial charge is 0.261 e. The van der Waals surface area contributed by atoms with Crippen molar-refractivity contribution in [2.75, 3.05) is 18.1 Å². The van der Waals surface area contributed by atoms with Gasteiger partial charge in [-0.25, -0.2) is 4.98 Å². The monoisotopic (exact) mass is 464 g/mol. The molecular weight excluding hydrogens is 448 g/mol. The molecule has 1 aromatic heterocycles. The lowest BCUT2D eigenvalue weighted by molar-refractivity contribution is 0.0917. The number of carbonyl (C=O) groups is 1. The highest BCUT2D eigenvalue weighted by Crippen LogP contribution is 2.34. The van der Waals surface area contributed by atoms with E-state index in [1.807, 2.05) is 43.3 Å². The molecule has 1 aliphatic rings. The van der Waals surface area contributed by atoms with Crippen molar-refractivity contribution in [3.05, 3.63) is 57.0 Å². The van der Waals surface area contributed by atoms with Crippen LogP contribution < -0.4 is 4.90 Å². The van der Waals surface area contributed by atoms with Gasteiger partial charge in [0.05, 0.1) is 28.4 Å². The van der Waals surface area contributed by atoms with Crippen molar-refractivity contribution in [2.24, 2.45) is 0 Å². The van der Waals surface area contributed by atoms with E-state index in [4.69, 9.17) is 21.3 Å². The molecule has 4 nitrogen and oxygen atoms in total. The molecule has 140 valence electrons. The number of halogens is 2. The maximum Gasteiger partial charge on any atom is 0.261 e. The molecule has 1 amide bonds. The average molecular weight is 466 g/mol. The Labute approximate surface area is 175 Å². The maximum absolute atomic E-state index is 13.4. The van der Waals surface area contributed by atoms with Gasteiger partial charge >= 0.3 is 0 Å². The standard InChI is InChI=1S/C20H18BrClN2O2S/c1-12-9-13(22)10-17-18(12)23-20(27-17)24(11-14-5-4-8-26-14)19(25)15-6-2-3-7-16(15)21/h2-3,6-7,9-10,14H,4-5,8,11H2,1H3. The summed E-state index contributed by atoms with van der Waals surface area (Å²) < 4.78 is 7.54. The SMILES string of the molecule is Cc1cc(Cl)cc2sc(N(CC3CCCO3)C(=O)c3ccccc3Br)nc12. The number of ether oxygens (including phenoxy) is 1. The lowest BCUT2D eigenvalue weighted by atomic mass is 10.2. The minimum Gasteiger partial charge on any atom is -0.376 e. The summed E-state index contributed by atoms with van der Waals surface area (Å²) in [4.78, 5) is 19.9. The van der Waals surface area contributed by atoms with Crippen molar-refractivity contribution in [3.63, 3.8) is 0 Å². The third-order valence-corrected chi connectivity index (χ3v) is 6.56. The number of fused-ring (bicyclic) bond motifs is 1. The average Bonchev–Trinajstić information content (AvgIpc) is 3.29. The highest BCUT2D eigenvalue weighted by molar-refractivity contribution is 9.10. The molecule has 0 N–H and O–H groups in total. The van der Waals surface area contributed by atoms with Crippen molar-refractivity contribution in [1.29, 1.82) is 0 Å². The van der Waals surface area contributed by atoms with E-state index in [0.29, 0.717) is 22.3 Å². The molecule has 2 heterocycles. The molecule has 0 saturated carbocycles. The first-order chi connectivity index (χ1) is 13.0. The summed E-state index contributed by atoms with van der Waals surface area (Å²) in [6.45, 7) is 3.22. The van der Waals surface area contributed by atoms with Crippen LogP contribution in [0.2, 0.25) is 5.02 Å². The molecule has 0 bridgehead atoms. The number of rotatable bonds is 4. The van der Waals surface area contributed by atoms with E-state index >= 15 is 0 Å². The van der Waals surface area contributed by atoms with Gasteiger partial charge in [-0.15, -0.1) is 0 Å². The summed E-state index contributed by atoms with van der Waals surface area (Å²) in [5.41, 5.74) is 2.51. The van der Waals surface area contributed by atoms with E-state index < -0.39 is 0 Å². The zero-order valence-electron chi connectivity index (χ0n) is 14.7. The van der Waals surface area contributed by atoms with E-state index in [-0.39, 0.29) is 12.0 Å². The van der Waals surface area contributed by atoms with Gasteiger partial charge in [0, 0.05) is 16.1 Å². The molecule has 27 heavy (non-hydrogen) atoms. The van der Waals surface area contributed by atoms with Crippen LogP contribution in [0.3, 0.4) is 0 Å². The Hall–Kier alpha value is -1.47. The number of carbonyl (C=O) groups excluding carboxylic acids is 1. The molecule has 1 saturated heterocycles. The van der Waals surface area contributed by atoms with Crippen molar-refractivity contribution in [1.82, 2.24) is 4.98 Å². The van der Waals surface area contributed by atoms with Crippen LogP contribution in [-0.2, 0) is 4.74 Å². The topological polar surface area (TPSA) is 42.4 Å². The second kappa shape index (κ2) is 7.87. The summed E-state index contributed by atoms with van der Waals surface area (Å²) in [6, 6.07) is 11.3. The maximum atomic E-state index is 13.4. The molecule has 2 aromatic carbocycles. The van der Waals surface area contributed by atoms with Crippen LogP contribution in [0.1, 0.15) is 28.8 Å². The van der Waals surface area contributed by atoms with Crippen molar-refractivity contribution >= 4 is 60.1 Å². The first-order valence-corrected chi connectivity index (χ1v) is 10.8. The third kappa shape index (κ3) is 3.90. The fourth-order valence-corrected chi connectivity index (χ4v) is 5.16. The van der Waals surface area contributed by atoms with E-state index in [2.05, 4.69) is 15.9 Å². The molecule has 0 spiro atoms. The lowest BCUT2D eigenvalue weighted by Gasteiger charge is -2.23. The Morgan fingerprint density at radius 1 is 1.41 bits per heavy atom. The van der Waals surface area contributed by atoms with E-state index in [1.54, 1.807) is 4.90 Å². The molecular formula is C20H18BrClN2O2S. The second-order valence-electron chi connectivity index (χ2n) is 6.60. The van der Waals surface area contributed by atoms with Gasteiger partial charge in [-0.05, 0) is 65.5 Å². The zero-order chi connectivity index (χ0) is 19.0. The number of hydrogen-bond donors (Lipinski definition) is 0. The molecule has 1 unspecified atom stereocenters. The Balaban J connectivity index is 1.76. The first-order valence-electron chi connectivity index (χ1n) is 8.77. The number of hydrogen-bond acceptors (Lipinski definition) is 4. The quantitative estimate of drug-likeness (QED) is 0.485. The second-order valence-corrected chi connectivity index (χ2v) is 8.90. The number of nitrogens with zero attached hydrogens (tertiary/aromatic N) is 2. The fourth-order valence-electron chi connectivity index (χ4n) is 3.28. The molecule has 0 aliphatic carbocycles. The number of aromatic nitrogens is 1. The first kappa shape index (κ1) is 18.9. The Morgan fingerprint density at radius 2 is 2.22 bits per heavy atom. The minimum atomic E-state index is -0.0826. The van der Waals surface area contributed by atoms with Gasteiger partial charge in [0.2, 0.25) is 0 Å². The zero-order valence-corrected chi connectivity index (χ0v) is 17.9. The Kier molecular flexibility index (Phi) is 5.50. The highest BCUT2D eigenvalue weighted by atomic mass is 79.9. The molecule has 1 aliphatic heterocycles. The number of amides is 1. The van der Waals surface area contributed by atoms with Crippen LogP contribution in [0.5, 0.6) is 0 Å². The third-order valence-electron chi connectivity index (χ3n) is 4.63. The van der Waals surface area contributed by atoms with Crippen LogP contribution in [-0.4, -0.2) is 30.1 Å². The van der Waals surface area contributed by atoms with Crippen molar-refractivity contribution in [2.45, 2.75) is 25.9 Å². The van der Waals surface area contributed by atoms with Crippen molar-refractivity contribution in [3.8, 4) is 0 Å². The van der Waals surface area contributed by atoms with Gasteiger partial charge in [-0.3, -0.25) is 9.69 Å². The van der Waals surface area contributed by atoms with Crippen LogP contribution in [0.25, 0.3) is 10.2 Å². The molecule has 4 rings (SSSR count). The van der Waals surface area contributed by atoms with Gasteiger partial charge in [0.1, 0.15) is 0 Å². The highest BCUT2D eigenvalue weighted by Gasteiger charge is 2.28. The van der Waals surface area contributed by atoms with E-state index in [1.165, 1.54) is 11.3 Å². The number of anilines is 1. The van der Waals surface area contributed by atoms with Crippen LogP contribution in [0.4, 0.5) is 5.13 Å². The summed E-state index contributed by atoms with van der Waals surface area (Å²) in [7, 11) is 0. The van der Waals surface area contributed by atoms with Crippen LogP contribution >= 0.6 is 38.9 Å². The summed E-state index contributed by atoms with van der Waals surface area (Å²) in [5.74, 6) is -0.0826. The van der Waals surface area contributed by atoms with Gasteiger partial charge in [-0.2, -0.15) is 0 Å². The summed E-state index contributed by atoms with van der Waals surface area (Å²) in [6.07, 6.45) is 2.01. The molecule has 1 atom stereocenters. The largest absolute Gasteiger partial charge is 0.376 e. The van der Waals surface area contributed by atoms with Gasteiger partial charge in [0.25, 0.3) is 5.91 Å². The van der Waals surface area contributed by atoms with Gasteiger partial charge in [0.15, 0.2) is 5.13 Å². The lowest BCUT2D eigenvalue weighted by Crippen LogP contribution is -2.37. The number of benzene rings is 2. The summed E-state index contributed by atoms with van der Waals surface area (Å²) in [5, 5.41) is 1.35. The number of aryl methyl sites for hydroxylation is 1. The van der Waals surface area contributed by atoms with Crippen LogP contribution in [0, 0.1) is 6.92 Å². The van der Waals surface area contributed by atoms with E-state index in [9.17, 15) is 4.79 Å². The fraction of sp³-hybridized carbons (Fsp3) is 0.300. The van der Waals surface area contributed by atoms with E-state index in [0.717, 1.165) is 39.7 Å². The Bertz CT molecular complexity index is 1000. The van der Waals surface area contributed by atoms with Crippen molar-refractivity contribution < 1.29 is 9.53 Å². The van der Waals surface area contributed by atoms with Gasteiger partial charge < -0.3 is 4.74 Å². The normalized spacial score (nSPS) is 16.8. The van der Waals surface area contributed by atoms with Gasteiger partial charge in [-0.1, -0.05) is 35.1 Å². The minimum absolute atomic E-state index is 0.0353. The number of thiazole rings is 1. The predicted molar refractivity (Wildman–Crippen MR) is 114 cm³/mol. The predicted octanol–water partition coefficient (Wildman–Crippen LogP) is 5.85. The molecule has 1 fully saturated rings. The molecule has 7 heteroatoms.